The Morgan fingerprint density at radius 1 is 1.32 bits per heavy atom. The molecule has 0 saturated carbocycles. The lowest BCUT2D eigenvalue weighted by Crippen LogP contribution is -2.36. The van der Waals surface area contributed by atoms with E-state index in [0.717, 1.165) is 0 Å². The summed E-state index contributed by atoms with van der Waals surface area (Å²) in [6, 6.07) is 5.23. The number of anilines is 1. The first kappa shape index (κ1) is 14.9. The zero-order chi connectivity index (χ0) is 14.4. The van der Waals surface area contributed by atoms with Crippen LogP contribution in [0.5, 0.6) is 0 Å². The molecule has 0 unspecified atom stereocenters. The Bertz CT molecular complexity index is 462. The topological polar surface area (TPSA) is 73.7 Å². The van der Waals surface area contributed by atoms with Crippen LogP contribution in [0.15, 0.2) is 18.2 Å². The van der Waals surface area contributed by atoms with Gasteiger partial charge < -0.3 is 14.9 Å². The van der Waals surface area contributed by atoms with E-state index in [0.29, 0.717) is 31.1 Å². The van der Waals surface area contributed by atoms with Crippen LogP contribution < -0.4 is 4.90 Å². The predicted molar refractivity (Wildman–Crippen MR) is 72.8 cm³/mol. The molecule has 0 aliphatic heterocycles. The summed E-state index contributed by atoms with van der Waals surface area (Å²) in [5, 5.41) is 8.92. The fraction of sp³-hybridized carbons (Fsp3) is 0.462. The number of ketones is 1. The maximum atomic E-state index is 11.3. The summed E-state index contributed by atoms with van der Waals surface area (Å²) >= 11 is 0. The molecule has 104 valence electrons. The lowest BCUT2D eigenvalue weighted by molar-refractivity contribution is 0.101. The molecule has 0 atom stereocenters. The van der Waals surface area contributed by atoms with Crippen molar-refractivity contribution in [2.24, 2.45) is 0 Å². The van der Waals surface area contributed by atoms with Gasteiger partial charge in [0.15, 0.2) is 5.78 Å². The van der Waals surface area contributed by atoms with Gasteiger partial charge in [-0.25, -0.2) is 9.78 Å². The van der Waals surface area contributed by atoms with Crippen LogP contribution in [0.4, 0.5) is 10.6 Å². The maximum absolute atomic E-state index is 11.3. The molecular weight excluding hydrogens is 246 g/mol. The molecule has 0 bridgehead atoms. The second-order valence-corrected chi connectivity index (χ2v) is 4.22. The molecule has 6 nitrogen and oxygen atoms in total. The Labute approximate surface area is 112 Å². The molecular formula is C13H19N3O3. The van der Waals surface area contributed by atoms with Crippen molar-refractivity contribution in [3.63, 3.8) is 0 Å². The highest BCUT2D eigenvalue weighted by molar-refractivity contribution is 5.92. The molecule has 0 aromatic carbocycles. The second-order valence-electron chi connectivity index (χ2n) is 4.22. The van der Waals surface area contributed by atoms with E-state index in [1.54, 1.807) is 25.1 Å². The molecule has 0 radical (unpaired) electrons. The highest BCUT2D eigenvalue weighted by Gasteiger charge is 2.11. The standard InChI is InChI=1S/C13H19N3O3/c1-4-16(13(18)19)9-8-15(3)12-7-5-6-11(14-12)10(2)17/h5-7H,4,8-9H2,1-3H3,(H,18,19). The summed E-state index contributed by atoms with van der Waals surface area (Å²) in [4.78, 5) is 29.5. The zero-order valence-corrected chi connectivity index (χ0v) is 11.5. The van der Waals surface area contributed by atoms with Gasteiger partial charge in [-0.05, 0) is 19.1 Å². The van der Waals surface area contributed by atoms with Crippen molar-refractivity contribution in [2.45, 2.75) is 13.8 Å². The average Bonchev–Trinajstić information content (AvgIpc) is 2.38. The SMILES string of the molecule is CCN(CCN(C)c1cccc(C(C)=O)n1)C(=O)O. The Kier molecular flexibility index (Phi) is 5.29. The van der Waals surface area contributed by atoms with Gasteiger partial charge in [-0.1, -0.05) is 6.07 Å². The van der Waals surface area contributed by atoms with E-state index in [1.807, 2.05) is 11.9 Å². The lowest BCUT2D eigenvalue weighted by atomic mass is 10.2. The molecule has 1 aromatic rings. The quantitative estimate of drug-likeness (QED) is 0.793. The van der Waals surface area contributed by atoms with Gasteiger partial charge in [0, 0.05) is 33.6 Å². The van der Waals surface area contributed by atoms with Crippen molar-refractivity contribution in [1.82, 2.24) is 9.88 Å². The van der Waals surface area contributed by atoms with E-state index in [2.05, 4.69) is 4.98 Å². The van der Waals surface area contributed by atoms with Crippen LogP contribution in [0.1, 0.15) is 24.3 Å². The first-order chi connectivity index (χ1) is 8.95. The first-order valence-electron chi connectivity index (χ1n) is 6.12. The monoisotopic (exact) mass is 265 g/mol. The predicted octanol–water partition coefficient (Wildman–Crippen LogP) is 1.72. The van der Waals surface area contributed by atoms with E-state index in [4.69, 9.17) is 5.11 Å². The summed E-state index contributed by atoms with van der Waals surface area (Å²) in [7, 11) is 1.82. The molecule has 1 N–H and O–H groups in total. The number of aromatic nitrogens is 1. The average molecular weight is 265 g/mol. The van der Waals surface area contributed by atoms with E-state index in [-0.39, 0.29) is 5.78 Å². The number of amides is 1. The van der Waals surface area contributed by atoms with E-state index >= 15 is 0 Å². The number of carbonyl (C=O) groups excluding carboxylic acids is 1. The molecule has 1 aromatic heterocycles. The van der Waals surface area contributed by atoms with Crippen LogP contribution in [0, 0.1) is 0 Å². The number of likely N-dealkylation sites (N-methyl/N-ethyl adjacent to an activating group) is 2. The fourth-order valence-corrected chi connectivity index (χ4v) is 1.61. The van der Waals surface area contributed by atoms with Gasteiger partial charge >= 0.3 is 6.09 Å². The third kappa shape index (κ3) is 4.24. The summed E-state index contributed by atoms with van der Waals surface area (Å²) < 4.78 is 0. The number of Topliss-reactive ketones (excluding diaryl/α,β-unsaturated/α-hetero) is 1. The highest BCUT2D eigenvalue weighted by Crippen LogP contribution is 2.10. The van der Waals surface area contributed by atoms with E-state index in [1.165, 1.54) is 11.8 Å². The second kappa shape index (κ2) is 6.72. The largest absolute Gasteiger partial charge is 0.465 e. The van der Waals surface area contributed by atoms with Gasteiger partial charge in [-0.3, -0.25) is 4.79 Å². The van der Waals surface area contributed by atoms with Gasteiger partial charge in [0.1, 0.15) is 11.5 Å². The number of carboxylic acid groups (broad SMARTS) is 1. The molecule has 1 heterocycles. The number of hydrogen-bond acceptors (Lipinski definition) is 4. The van der Waals surface area contributed by atoms with E-state index < -0.39 is 6.09 Å². The van der Waals surface area contributed by atoms with Gasteiger partial charge in [0.2, 0.25) is 0 Å². The smallest absolute Gasteiger partial charge is 0.407 e. The Balaban J connectivity index is 2.67. The normalized spacial score (nSPS) is 10.1. The van der Waals surface area contributed by atoms with Crippen LogP contribution in [0.25, 0.3) is 0 Å². The highest BCUT2D eigenvalue weighted by atomic mass is 16.4. The number of carbonyl (C=O) groups is 2. The van der Waals surface area contributed by atoms with Crippen molar-refractivity contribution in [2.75, 3.05) is 31.6 Å². The summed E-state index contributed by atoms with van der Waals surface area (Å²) in [6.45, 7) is 4.63. The minimum atomic E-state index is -0.929. The molecule has 6 heteroatoms. The fourth-order valence-electron chi connectivity index (χ4n) is 1.61. The molecule has 0 fully saturated rings. The summed E-state index contributed by atoms with van der Waals surface area (Å²) in [6.07, 6.45) is -0.929. The minimum absolute atomic E-state index is 0.0871. The molecule has 1 rings (SSSR count). The van der Waals surface area contributed by atoms with Crippen LogP contribution in [-0.2, 0) is 0 Å². The molecule has 0 saturated heterocycles. The van der Waals surface area contributed by atoms with Crippen molar-refractivity contribution in [3.05, 3.63) is 23.9 Å². The van der Waals surface area contributed by atoms with Crippen LogP contribution in [0.3, 0.4) is 0 Å². The van der Waals surface area contributed by atoms with E-state index in [9.17, 15) is 9.59 Å². The third-order valence-electron chi connectivity index (χ3n) is 2.84. The minimum Gasteiger partial charge on any atom is -0.465 e. The molecule has 1 amide bonds. The van der Waals surface area contributed by atoms with Gasteiger partial charge in [-0.15, -0.1) is 0 Å². The van der Waals surface area contributed by atoms with Crippen LogP contribution in [-0.4, -0.2) is 53.5 Å². The molecule has 0 spiro atoms. The van der Waals surface area contributed by atoms with Gasteiger partial charge in [0.25, 0.3) is 0 Å². The van der Waals surface area contributed by atoms with Crippen molar-refractivity contribution in [3.8, 4) is 0 Å². The number of rotatable bonds is 6. The van der Waals surface area contributed by atoms with Crippen molar-refractivity contribution < 1.29 is 14.7 Å². The molecule has 0 aliphatic carbocycles. The third-order valence-corrected chi connectivity index (χ3v) is 2.84. The van der Waals surface area contributed by atoms with Crippen LogP contribution in [0.2, 0.25) is 0 Å². The number of nitrogens with zero attached hydrogens (tertiary/aromatic N) is 3. The Morgan fingerprint density at radius 3 is 2.53 bits per heavy atom. The summed E-state index contributed by atoms with van der Waals surface area (Å²) in [5.74, 6) is 0.574. The van der Waals surface area contributed by atoms with Crippen molar-refractivity contribution >= 4 is 17.7 Å². The lowest BCUT2D eigenvalue weighted by Gasteiger charge is -2.23. The zero-order valence-electron chi connectivity index (χ0n) is 11.5. The number of pyridine rings is 1. The summed E-state index contributed by atoms with van der Waals surface area (Å²) in [5.41, 5.74) is 0.412. The van der Waals surface area contributed by atoms with Crippen LogP contribution >= 0.6 is 0 Å². The Hall–Kier alpha value is -2.11. The van der Waals surface area contributed by atoms with Gasteiger partial charge in [-0.2, -0.15) is 0 Å². The maximum Gasteiger partial charge on any atom is 0.407 e. The van der Waals surface area contributed by atoms with Gasteiger partial charge in [0.05, 0.1) is 0 Å². The molecule has 0 aliphatic rings. The number of hydrogen-bond donors (Lipinski definition) is 1. The molecule has 19 heavy (non-hydrogen) atoms. The first-order valence-corrected chi connectivity index (χ1v) is 6.12. The van der Waals surface area contributed by atoms with Crippen molar-refractivity contribution in [1.29, 1.82) is 0 Å². The Morgan fingerprint density at radius 2 is 2.00 bits per heavy atom.